The van der Waals surface area contributed by atoms with Gasteiger partial charge in [0.05, 0.1) is 0 Å². The Balaban J connectivity index is 1.19. The van der Waals surface area contributed by atoms with E-state index in [0.29, 0.717) is 43.6 Å². The molecule has 3 atom stereocenters. The lowest BCUT2D eigenvalue weighted by Gasteiger charge is -2.42. The molecule has 1 aromatic rings. The summed E-state index contributed by atoms with van der Waals surface area (Å²) in [4.78, 5) is 15.0. The molecule has 4 aliphatic rings. The summed E-state index contributed by atoms with van der Waals surface area (Å²) in [6, 6.07) is 2.09. The molecule has 1 N–H and O–H groups in total. The van der Waals surface area contributed by atoms with Gasteiger partial charge in [-0.1, -0.05) is 12.1 Å². The number of fused-ring (bicyclic) bond motifs is 2. The third-order valence-corrected chi connectivity index (χ3v) is 10.0. The highest BCUT2D eigenvalue weighted by Gasteiger charge is 2.49. The quantitative estimate of drug-likeness (QED) is 0.661. The summed E-state index contributed by atoms with van der Waals surface area (Å²) in [7, 11) is -1.36. The van der Waals surface area contributed by atoms with Gasteiger partial charge in [-0.15, -0.1) is 0 Å². The number of amides is 1. The minimum Gasteiger partial charge on any atom is -0.360 e. The molecular weight excluding hydrogens is 430 g/mol. The van der Waals surface area contributed by atoms with Crippen molar-refractivity contribution in [2.75, 3.05) is 26.7 Å². The molecular formula is C22H35N5O4S. The average Bonchev–Trinajstić information content (AvgIpc) is 3.44. The smallest absolute Gasteiger partial charge is 0.282 e. The highest BCUT2D eigenvalue weighted by atomic mass is 32.2. The van der Waals surface area contributed by atoms with Crippen LogP contribution < -0.4 is 5.32 Å². The maximum atomic E-state index is 13.5. The van der Waals surface area contributed by atoms with E-state index in [1.165, 1.54) is 0 Å². The van der Waals surface area contributed by atoms with Crippen LogP contribution in [-0.4, -0.2) is 83.8 Å². The lowest BCUT2D eigenvalue weighted by molar-refractivity contribution is 0.0896. The Hall–Kier alpha value is -1.49. The van der Waals surface area contributed by atoms with Crippen LogP contribution in [0.5, 0.6) is 0 Å². The van der Waals surface area contributed by atoms with Crippen molar-refractivity contribution in [2.45, 2.75) is 88.4 Å². The van der Waals surface area contributed by atoms with Crippen LogP contribution >= 0.6 is 0 Å². The van der Waals surface area contributed by atoms with Gasteiger partial charge >= 0.3 is 0 Å². The van der Waals surface area contributed by atoms with Crippen molar-refractivity contribution >= 4 is 16.1 Å². The molecule has 4 heterocycles. The lowest BCUT2D eigenvalue weighted by Crippen LogP contribution is -2.57. The molecule has 3 saturated heterocycles. The Morgan fingerprint density at radius 2 is 1.81 bits per heavy atom. The summed E-state index contributed by atoms with van der Waals surface area (Å²) < 4.78 is 35.8. The molecule has 1 saturated carbocycles. The number of hydrogen-bond acceptors (Lipinski definition) is 6. The lowest BCUT2D eigenvalue weighted by atomic mass is 9.99. The predicted octanol–water partition coefficient (Wildman–Crippen LogP) is 1.94. The van der Waals surface area contributed by atoms with Gasteiger partial charge in [0, 0.05) is 49.2 Å². The fraction of sp³-hybridized carbons (Fsp3) is 0.818. The van der Waals surface area contributed by atoms with Crippen molar-refractivity contribution in [2.24, 2.45) is 0 Å². The van der Waals surface area contributed by atoms with Crippen molar-refractivity contribution in [3.8, 4) is 0 Å². The molecule has 32 heavy (non-hydrogen) atoms. The number of hydrogen-bond donors (Lipinski definition) is 1. The van der Waals surface area contributed by atoms with E-state index in [2.05, 4.69) is 29.3 Å². The molecule has 10 heteroatoms. The Morgan fingerprint density at radius 3 is 2.41 bits per heavy atom. The summed E-state index contributed by atoms with van der Waals surface area (Å²) in [6.07, 6.45) is 6.99. The number of nitrogens with zero attached hydrogens (tertiary/aromatic N) is 4. The Bertz CT molecular complexity index is 924. The number of carbonyl (C=O) groups excluding carboxylic acids is 1. The average molecular weight is 466 g/mol. The van der Waals surface area contributed by atoms with Crippen molar-refractivity contribution < 1.29 is 17.7 Å². The first-order valence-corrected chi connectivity index (χ1v) is 13.5. The van der Waals surface area contributed by atoms with Crippen LogP contribution in [0.1, 0.15) is 80.5 Å². The molecule has 0 aromatic carbocycles. The van der Waals surface area contributed by atoms with Crippen molar-refractivity contribution in [3.63, 3.8) is 0 Å². The third kappa shape index (κ3) is 4.22. The second kappa shape index (κ2) is 8.70. The first kappa shape index (κ1) is 22.3. The molecule has 1 aromatic heterocycles. The minimum absolute atomic E-state index is 0.0311. The molecule has 178 valence electrons. The zero-order valence-corrected chi connectivity index (χ0v) is 19.9. The Morgan fingerprint density at radius 1 is 1.16 bits per heavy atom. The minimum atomic E-state index is -3.47. The van der Waals surface area contributed by atoms with Gasteiger partial charge in [0.1, 0.15) is 5.76 Å². The zero-order chi connectivity index (χ0) is 22.5. The second-order valence-corrected chi connectivity index (χ2v) is 11.8. The number of piperidine rings is 2. The van der Waals surface area contributed by atoms with E-state index < -0.39 is 10.2 Å². The summed E-state index contributed by atoms with van der Waals surface area (Å²) in [5.74, 6) is 0.995. The van der Waals surface area contributed by atoms with E-state index in [0.717, 1.165) is 50.8 Å². The molecule has 2 bridgehead atoms. The fourth-order valence-corrected chi connectivity index (χ4v) is 7.83. The zero-order valence-electron chi connectivity index (χ0n) is 19.1. The van der Waals surface area contributed by atoms with Gasteiger partial charge in [0.15, 0.2) is 5.69 Å². The van der Waals surface area contributed by atoms with Crippen LogP contribution in [0.25, 0.3) is 0 Å². The Labute approximate surface area is 190 Å². The SMILES string of the molecule is CCN(C)C1CCN(S(=O)(=O)N2[C@@H]3CC[C@H]2CC(NC(=O)c2cc(C4CC4)on2)C3)CC1. The number of aromatic nitrogens is 1. The van der Waals surface area contributed by atoms with Crippen LogP contribution in [0.15, 0.2) is 10.6 Å². The van der Waals surface area contributed by atoms with Gasteiger partial charge in [0.25, 0.3) is 16.1 Å². The second-order valence-electron chi connectivity index (χ2n) is 9.96. The summed E-state index contributed by atoms with van der Waals surface area (Å²) in [5.41, 5.74) is 0.328. The third-order valence-electron chi connectivity index (χ3n) is 7.88. The number of carbonyl (C=O) groups is 1. The summed E-state index contributed by atoms with van der Waals surface area (Å²) in [5, 5.41) is 7.02. The van der Waals surface area contributed by atoms with Gasteiger partial charge in [0.2, 0.25) is 0 Å². The molecule has 3 aliphatic heterocycles. The van der Waals surface area contributed by atoms with E-state index >= 15 is 0 Å². The van der Waals surface area contributed by atoms with Crippen LogP contribution in [0.2, 0.25) is 0 Å². The molecule has 1 unspecified atom stereocenters. The van der Waals surface area contributed by atoms with Crippen LogP contribution in [0, 0.1) is 0 Å². The standard InChI is InChI=1S/C22H35N5O4S/c1-3-25(2)17-8-10-26(11-9-17)32(29,30)27-18-6-7-19(27)13-16(12-18)23-22(28)20-14-21(31-24-20)15-4-5-15/h14-19H,3-13H2,1-2H3,(H,23,28)/t16?,18-,19+. The molecule has 0 spiro atoms. The highest BCUT2D eigenvalue weighted by molar-refractivity contribution is 7.86. The topological polar surface area (TPSA) is 99.0 Å². The van der Waals surface area contributed by atoms with E-state index in [4.69, 9.17) is 4.52 Å². The predicted molar refractivity (Wildman–Crippen MR) is 119 cm³/mol. The molecule has 1 amide bonds. The summed E-state index contributed by atoms with van der Waals surface area (Å²) >= 11 is 0. The molecule has 9 nitrogen and oxygen atoms in total. The molecule has 0 radical (unpaired) electrons. The van der Waals surface area contributed by atoms with Crippen molar-refractivity contribution in [1.82, 2.24) is 24.0 Å². The van der Waals surface area contributed by atoms with E-state index in [-0.39, 0.29) is 24.0 Å². The molecule has 1 aliphatic carbocycles. The normalized spacial score (nSPS) is 30.2. The largest absolute Gasteiger partial charge is 0.360 e. The number of rotatable bonds is 7. The monoisotopic (exact) mass is 465 g/mol. The van der Waals surface area contributed by atoms with E-state index in [1.807, 2.05) is 0 Å². The van der Waals surface area contributed by atoms with Gasteiger partial charge in [-0.25, -0.2) is 0 Å². The van der Waals surface area contributed by atoms with Gasteiger partial charge < -0.3 is 14.7 Å². The molecule has 4 fully saturated rings. The van der Waals surface area contributed by atoms with Crippen LogP contribution in [-0.2, 0) is 10.2 Å². The van der Waals surface area contributed by atoms with Crippen molar-refractivity contribution in [3.05, 3.63) is 17.5 Å². The Kier molecular flexibility index (Phi) is 6.06. The highest BCUT2D eigenvalue weighted by Crippen LogP contribution is 2.41. The van der Waals surface area contributed by atoms with E-state index in [1.54, 1.807) is 14.7 Å². The van der Waals surface area contributed by atoms with Crippen LogP contribution in [0.4, 0.5) is 0 Å². The first-order valence-electron chi connectivity index (χ1n) is 12.1. The fourth-order valence-electron chi connectivity index (χ4n) is 5.75. The first-order chi connectivity index (χ1) is 15.4. The van der Waals surface area contributed by atoms with E-state index in [9.17, 15) is 13.2 Å². The maximum absolute atomic E-state index is 13.5. The number of nitrogens with one attached hydrogen (secondary N) is 1. The maximum Gasteiger partial charge on any atom is 0.282 e. The summed E-state index contributed by atoms with van der Waals surface area (Å²) in [6.45, 7) is 4.29. The van der Waals surface area contributed by atoms with Crippen molar-refractivity contribution in [1.29, 1.82) is 0 Å². The van der Waals surface area contributed by atoms with Crippen LogP contribution in [0.3, 0.4) is 0 Å². The van der Waals surface area contributed by atoms with Gasteiger partial charge in [-0.2, -0.15) is 17.0 Å². The van der Waals surface area contributed by atoms with Gasteiger partial charge in [-0.3, -0.25) is 4.79 Å². The molecule has 5 rings (SSSR count). The van der Waals surface area contributed by atoms with Gasteiger partial charge in [-0.05, 0) is 65.0 Å².